The Kier molecular flexibility index (Phi) is 2.48. The van der Waals surface area contributed by atoms with Crippen molar-refractivity contribution in [1.82, 2.24) is 4.48 Å². The largest absolute Gasteiger partial charge is 0.314 e. The van der Waals surface area contributed by atoms with Gasteiger partial charge in [-0.1, -0.05) is 0 Å². The Morgan fingerprint density at radius 3 is 2.60 bits per heavy atom. The number of anilines is 1. The van der Waals surface area contributed by atoms with Crippen LogP contribution in [0.15, 0.2) is 35.1 Å². The van der Waals surface area contributed by atoms with Gasteiger partial charge in [0.2, 0.25) is 5.91 Å². The molecule has 0 fully saturated rings. The van der Waals surface area contributed by atoms with Crippen molar-refractivity contribution in [2.45, 2.75) is 26.2 Å². The Morgan fingerprint density at radius 1 is 1.30 bits per heavy atom. The van der Waals surface area contributed by atoms with Gasteiger partial charge in [-0.15, -0.1) is 0 Å². The molecule has 1 unspecified atom stereocenters. The topological polar surface area (TPSA) is 32.7 Å². The highest BCUT2D eigenvalue weighted by Crippen LogP contribution is 2.43. The Labute approximate surface area is 119 Å². The van der Waals surface area contributed by atoms with Crippen molar-refractivity contribution in [3.63, 3.8) is 0 Å². The van der Waals surface area contributed by atoms with Crippen LogP contribution >= 0.6 is 0 Å². The molecule has 4 heteroatoms. The van der Waals surface area contributed by atoms with Crippen LogP contribution in [0.5, 0.6) is 0 Å². The van der Waals surface area contributed by atoms with E-state index in [1.807, 2.05) is 33.4 Å². The monoisotopic (exact) mass is 270 g/mol. The Hall–Kier alpha value is -1.94. The van der Waals surface area contributed by atoms with E-state index in [1.165, 1.54) is 0 Å². The lowest BCUT2D eigenvalue weighted by Crippen LogP contribution is -2.39. The van der Waals surface area contributed by atoms with Crippen LogP contribution in [0.1, 0.15) is 26.3 Å². The van der Waals surface area contributed by atoms with E-state index < -0.39 is 5.41 Å². The number of benzene rings is 1. The number of nitrogens with zero attached hydrogens (tertiary/aromatic N) is 3. The SMILES string of the molecule is CC1=CN=C[N+]1(C)c1ccc2c(c1)N(C)C(=O)C2(C)C. The van der Waals surface area contributed by atoms with Gasteiger partial charge in [-0.05, 0) is 25.5 Å². The van der Waals surface area contributed by atoms with Gasteiger partial charge in [0.05, 0.1) is 24.4 Å². The lowest BCUT2D eigenvalue weighted by Gasteiger charge is -2.26. The number of hydrogen-bond donors (Lipinski definition) is 0. The molecule has 1 atom stereocenters. The standard InChI is InChI=1S/C16H20N3O/c1-11-9-17-10-19(11,5)12-6-7-13-14(8-12)18(4)15(20)16(13,2)3/h6-10H,1-5H3/q+1. The molecule has 1 amide bonds. The second-order valence-electron chi connectivity index (χ2n) is 6.30. The first kappa shape index (κ1) is 13.1. The fourth-order valence-electron chi connectivity index (χ4n) is 3.01. The quantitative estimate of drug-likeness (QED) is 0.722. The van der Waals surface area contributed by atoms with Crippen molar-refractivity contribution in [2.75, 3.05) is 19.0 Å². The zero-order valence-electron chi connectivity index (χ0n) is 12.6. The smallest absolute Gasteiger partial charge is 0.236 e. The Balaban J connectivity index is 2.16. The first-order valence-corrected chi connectivity index (χ1v) is 6.79. The highest BCUT2D eigenvalue weighted by atomic mass is 16.2. The predicted molar refractivity (Wildman–Crippen MR) is 82.8 cm³/mol. The number of amides is 1. The third-order valence-corrected chi connectivity index (χ3v) is 4.68. The number of quaternary nitrogens is 1. The third kappa shape index (κ3) is 1.45. The molecular formula is C16H20N3O+. The molecule has 1 aromatic rings. The maximum absolute atomic E-state index is 12.3. The summed E-state index contributed by atoms with van der Waals surface area (Å²) in [5.41, 5.74) is 3.95. The number of carbonyl (C=O) groups excluding carboxylic acids is 1. The van der Waals surface area contributed by atoms with Crippen LogP contribution in [0, 0.1) is 0 Å². The summed E-state index contributed by atoms with van der Waals surface area (Å²) in [6.07, 6.45) is 3.80. The van der Waals surface area contributed by atoms with Crippen molar-refractivity contribution in [3.05, 3.63) is 35.7 Å². The van der Waals surface area contributed by atoms with Crippen molar-refractivity contribution < 1.29 is 4.79 Å². The third-order valence-electron chi connectivity index (χ3n) is 4.68. The molecule has 0 aromatic heterocycles. The van der Waals surface area contributed by atoms with Crippen molar-refractivity contribution in [3.8, 4) is 0 Å². The fraction of sp³-hybridized carbons (Fsp3) is 0.375. The summed E-state index contributed by atoms with van der Waals surface area (Å²) in [4.78, 5) is 18.4. The van der Waals surface area contributed by atoms with Crippen molar-refractivity contribution >= 4 is 23.6 Å². The number of rotatable bonds is 1. The minimum atomic E-state index is -0.439. The van der Waals surface area contributed by atoms with Gasteiger partial charge in [-0.25, -0.2) is 9.48 Å². The maximum Gasteiger partial charge on any atom is 0.236 e. The maximum atomic E-state index is 12.3. The van der Waals surface area contributed by atoms with E-state index in [-0.39, 0.29) is 5.91 Å². The molecule has 0 radical (unpaired) electrons. The van der Waals surface area contributed by atoms with Crippen LogP contribution in [0.3, 0.4) is 0 Å². The van der Waals surface area contributed by atoms with E-state index in [9.17, 15) is 4.79 Å². The summed E-state index contributed by atoms with van der Waals surface area (Å²) in [6, 6.07) is 6.29. The van der Waals surface area contributed by atoms with E-state index in [4.69, 9.17) is 0 Å². The molecular weight excluding hydrogens is 250 g/mol. The molecule has 104 valence electrons. The van der Waals surface area contributed by atoms with E-state index in [0.717, 1.165) is 22.6 Å². The lowest BCUT2D eigenvalue weighted by molar-refractivity contribution is -0.121. The predicted octanol–water partition coefficient (Wildman–Crippen LogP) is 2.78. The lowest BCUT2D eigenvalue weighted by atomic mass is 9.86. The van der Waals surface area contributed by atoms with Crippen LogP contribution in [-0.4, -0.2) is 26.3 Å². The average molecular weight is 270 g/mol. The highest BCUT2D eigenvalue weighted by molar-refractivity contribution is 6.07. The minimum absolute atomic E-state index is 0.148. The number of fused-ring (bicyclic) bond motifs is 1. The molecule has 0 aliphatic carbocycles. The molecule has 0 saturated heterocycles. The Morgan fingerprint density at radius 2 is 2.00 bits per heavy atom. The summed E-state index contributed by atoms with van der Waals surface area (Å²) in [6.45, 7) is 6.03. The number of aliphatic imine (C=N–C) groups is 1. The van der Waals surface area contributed by atoms with Gasteiger partial charge in [-0.3, -0.25) is 4.79 Å². The molecule has 0 bridgehead atoms. The number of likely N-dealkylation sites (N-methyl/N-ethyl adjacent to an activating group) is 1. The molecule has 2 aliphatic rings. The average Bonchev–Trinajstić information content (AvgIpc) is 2.84. The Bertz CT molecular complexity index is 672. The van der Waals surface area contributed by atoms with E-state index in [0.29, 0.717) is 4.48 Å². The summed E-state index contributed by atoms with van der Waals surface area (Å²) in [7, 11) is 3.95. The van der Waals surface area contributed by atoms with E-state index >= 15 is 0 Å². The molecule has 20 heavy (non-hydrogen) atoms. The number of allylic oxidation sites excluding steroid dienone is 1. The van der Waals surface area contributed by atoms with Crippen LogP contribution in [-0.2, 0) is 10.2 Å². The van der Waals surface area contributed by atoms with Gasteiger partial charge < -0.3 is 4.90 Å². The van der Waals surface area contributed by atoms with Gasteiger partial charge >= 0.3 is 0 Å². The molecule has 3 rings (SSSR count). The van der Waals surface area contributed by atoms with Crippen LogP contribution < -0.4 is 9.38 Å². The van der Waals surface area contributed by atoms with Gasteiger partial charge in [0.1, 0.15) is 11.4 Å². The van der Waals surface area contributed by atoms with Crippen molar-refractivity contribution in [1.29, 1.82) is 0 Å². The van der Waals surface area contributed by atoms with Crippen molar-refractivity contribution in [2.24, 2.45) is 4.99 Å². The van der Waals surface area contributed by atoms with Gasteiger partial charge in [0.25, 0.3) is 0 Å². The fourth-order valence-corrected chi connectivity index (χ4v) is 3.01. The molecule has 2 heterocycles. The highest BCUT2D eigenvalue weighted by Gasteiger charge is 2.43. The normalized spacial score (nSPS) is 26.9. The van der Waals surface area contributed by atoms with E-state index in [2.05, 4.69) is 37.2 Å². The molecule has 4 nitrogen and oxygen atoms in total. The first-order chi connectivity index (χ1) is 9.28. The molecule has 1 aromatic carbocycles. The molecule has 0 N–H and O–H groups in total. The second-order valence-corrected chi connectivity index (χ2v) is 6.30. The molecule has 0 spiro atoms. The van der Waals surface area contributed by atoms with Gasteiger partial charge in [-0.2, -0.15) is 0 Å². The summed E-state index contributed by atoms with van der Waals surface area (Å²) in [5, 5.41) is 0. The zero-order chi connectivity index (χ0) is 14.7. The molecule has 2 aliphatic heterocycles. The first-order valence-electron chi connectivity index (χ1n) is 6.79. The second kappa shape index (κ2) is 3.79. The van der Waals surface area contributed by atoms with E-state index in [1.54, 1.807) is 4.90 Å². The summed E-state index contributed by atoms with van der Waals surface area (Å²) in [5.74, 6) is 0.148. The van der Waals surface area contributed by atoms with Gasteiger partial charge in [0.15, 0.2) is 6.34 Å². The van der Waals surface area contributed by atoms with Crippen LogP contribution in [0.2, 0.25) is 0 Å². The minimum Gasteiger partial charge on any atom is -0.314 e. The zero-order valence-corrected chi connectivity index (χ0v) is 12.6. The molecule has 0 saturated carbocycles. The summed E-state index contributed by atoms with van der Waals surface area (Å²) >= 11 is 0. The number of hydrogen-bond acceptors (Lipinski definition) is 2. The van der Waals surface area contributed by atoms with Crippen LogP contribution in [0.25, 0.3) is 0 Å². The van der Waals surface area contributed by atoms with Crippen LogP contribution in [0.4, 0.5) is 11.4 Å². The number of carbonyl (C=O) groups is 1. The summed E-state index contributed by atoms with van der Waals surface area (Å²) < 4.78 is 0.565. The van der Waals surface area contributed by atoms with Gasteiger partial charge in [0, 0.05) is 26.1 Å².